The molecule has 0 N–H and O–H groups in total. The molecule has 0 heterocycles. The fourth-order valence-corrected chi connectivity index (χ4v) is 11.7. The standard InChI is InChI=1S/C54H48O2/c1-3-5-6-7-8-19-30-56-54-51-47-38-25-14-10-21-34(38)45(35-22-11-15-26-39(35)47)49(51)44(31-43-32(4-2)33-20-9-18-29-42(33)53(43)55)50-46-36-23-12-16-27-40(36)48(52(50)54)41-28-17-13-24-37(41)46/h9-18,20-29,31-32,45-48H,3-8,19,30H2,1-2H3/b43-31+/t32-,45?,46?,47?,48?/m1/s1. The number of unbranched alkanes of at least 4 members (excludes halogenated alkanes) is 5. The normalized spacial score (nSPS) is 21.9. The lowest BCUT2D eigenvalue weighted by atomic mass is 9.54. The monoisotopic (exact) mass is 728 g/mol. The van der Waals surface area contributed by atoms with Crippen molar-refractivity contribution in [2.24, 2.45) is 0 Å². The van der Waals surface area contributed by atoms with E-state index in [9.17, 15) is 4.79 Å². The first kappa shape index (κ1) is 33.8. The van der Waals surface area contributed by atoms with Crippen LogP contribution in [0.25, 0.3) is 6.08 Å². The van der Waals surface area contributed by atoms with Crippen LogP contribution in [0.1, 0.15) is 177 Å². The molecule has 7 aliphatic carbocycles. The lowest BCUT2D eigenvalue weighted by Crippen LogP contribution is -2.34. The molecule has 2 nitrogen and oxygen atoms in total. The van der Waals surface area contributed by atoms with Crippen molar-refractivity contribution in [3.63, 3.8) is 0 Å². The number of hydrogen-bond acceptors (Lipinski definition) is 2. The summed E-state index contributed by atoms with van der Waals surface area (Å²) in [6, 6.07) is 45.0. The molecule has 276 valence electrons. The van der Waals surface area contributed by atoms with Crippen molar-refractivity contribution in [2.75, 3.05) is 6.61 Å². The Labute approximate surface area is 331 Å². The highest BCUT2D eigenvalue weighted by molar-refractivity contribution is 6.17. The second-order valence-corrected chi connectivity index (χ2v) is 16.7. The molecule has 7 aliphatic rings. The molecule has 4 bridgehead atoms. The molecule has 0 amide bonds. The number of Topliss-reactive ketones (excluding diaryl/α,β-unsaturated/α-hetero) is 1. The van der Waals surface area contributed by atoms with Gasteiger partial charge >= 0.3 is 0 Å². The predicted molar refractivity (Wildman–Crippen MR) is 227 cm³/mol. The van der Waals surface area contributed by atoms with E-state index in [4.69, 9.17) is 4.74 Å². The number of ether oxygens (including phenoxy) is 1. The number of ketones is 1. The molecule has 0 radical (unpaired) electrons. The highest BCUT2D eigenvalue weighted by atomic mass is 16.5. The van der Waals surface area contributed by atoms with Gasteiger partial charge in [-0.1, -0.05) is 167 Å². The number of benzene rings is 6. The number of allylic oxidation sites excluding steroid dienone is 1. The smallest absolute Gasteiger partial charge is 0.189 e. The molecule has 0 spiro atoms. The first-order chi connectivity index (χ1) is 27.7. The van der Waals surface area contributed by atoms with E-state index < -0.39 is 0 Å². The molecule has 6 aromatic rings. The summed E-state index contributed by atoms with van der Waals surface area (Å²) in [5.41, 5.74) is 20.7. The van der Waals surface area contributed by atoms with E-state index in [1.165, 1.54) is 110 Å². The third-order valence-corrected chi connectivity index (χ3v) is 13.9. The van der Waals surface area contributed by atoms with Crippen LogP contribution in [0.2, 0.25) is 0 Å². The molecule has 0 unspecified atom stereocenters. The number of carbonyl (C=O) groups excluding carboxylic acids is 1. The van der Waals surface area contributed by atoms with Crippen LogP contribution in [0.4, 0.5) is 0 Å². The van der Waals surface area contributed by atoms with E-state index in [0.29, 0.717) is 6.61 Å². The maximum Gasteiger partial charge on any atom is 0.189 e. The van der Waals surface area contributed by atoms with E-state index in [-0.39, 0.29) is 35.4 Å². The summed E-state index contributed by atoms with van der Waals surface area (Å²) in [6.45, 7) is 5.23. The average molecular weight is 729 g/mol. The minimum Gasteiger partial charge on any atom is -0.493 e. The number of rotatable bonds is 10. The maximum absolute atomic E-state index is 14.7. The Hall–Kier alpha value is -5.47. The summed E-state index contributed by atoms with van der Waals surface area (Å²) >= 11 is 0. The van der Waals surface area contributed by atoms with Crippen molar-refractivity contribution in [1.82, 2.24) is 0 Å². The van der Waals surface area contributed by atoms with Crippen LogP contribution >= 0.6 is 0 Å². The maximum atomic E-state index is 14.7. The van der Waals surface area contributed by atoms with Gasteiger partial charge in [0, 0.05) is 51.9 Å². The topological polar surface area (TPSA) is 26.3 Å². The van der Waals surface area contributed by atoms with Crippen LogP contribution in [0.5, 0.6) is 5.75 Å². The van der Waals surface area contributed by atoms with Gasteiger partial charge in [-0.3, -0.25) is 4.79 Å². The van der Waals surface area contributed by atoms with E-state index >= 15 is 0 Å². The molecule has 13 rings (SSSR count). The van der Waals surface area contributed by atoms with Crippen LogP contribution < -0.4 is 4.74 Å². The van der Waals surface area contributed by atoms with Crippen LogP contribution in [-0.2, 0) is 0 Å². The minimum absolute atomic E-state index is 0.0424. The number of fused-ring (bicyclic) bond motifs is 1. The molecule has 0 aromatic heterocycles. The SMILES string of the molecule is CCCCCCCCOc1c2c(c(/C=C3/C(=O)c4ccccc4[C@H]3CC)c3c1C1c4ccccc4C3c3ccccc31)C1c3ccccc3C2c2ccccc21. The van der Waals surface area contributed by atoms with Crippen LogP contribution in [-0.4, -0.2) is 12.4 Å². The minimum atomic E-state index is 0.0424. The molecule has 0 saturated heterocycles. The number of carbonyl (C=O) groups is 1. The van der Waals surface area contributed by atoms with Crippen molar-refractivity contribution in [2.45, 2.75) is 88.4 Å². The number of hydrogen-bond donors (Lipinski definition) is 0. The van der Waals surface area contributed by atoms with Gasteiger partial charge in [-0.05, 0) is 85.7 Å². The molecule has 0 saturated carbocycles. The van der Waals surface area contributed by atoms with Crippen molar-refractivity contribution in [3.05, 3.63) is 210 Å². The second-order valence-electron chi connectivity index (χ2n) is 16.7. The molecule has 0 fully saturated rings. The summed E-state index contributed by atoms with van der Waals surface area (Å²) in [5.74, 6) is 1.54. The molecular formula is C54H48O2. The lowest BCUT2D eigenvalue weighted by molar-refractivity contribution is 0.103. The highest BCUT2D eigenvalue weighted by Gasteiger charge is 2.51. The van der Waals surface area contributed by atoms with Crippen molar-refractivity contribution in [1.29, 1.82) is 0 Å². The predicted octanol–water partition coefficient (Wildman–Crippen LogP) is 13.2. The van der Waals surface area contributed by atoms with Gasteiger partial charge in [0.25, 0.3) is 0 Å². The molecular weight excluding hydrogens is 681 g/mol. The first-order valence-electron chi connectivity index (χ1n) is 21.3. The Kier molecular flexibility index (Phi) is 8.06. The summed E-state index contributed by atoms with van der Waals surface area (Å²) in [6.07, 6.45) is 10.6. The molecule has 2 heteroatoms. The molecule has 0 aliphatic heterocycles. The Morgan fingerprint density at radius 2 is 0.875 bits per heavy atom. The third-order valence-electron chi connectivity index (χ3n) is 13.9. The molecule has 56 heavy (non-hydrogen) atoms. The summed E-state index contributed by atoms with van der Waals surface area (Å²) < 4.78 is 7.43. The zero-order chi connectivity index (χ0) is 37.5. The summed E-state index contributed by atoms with van der Waals surface area (Å²) in [5, 5.41) is 0. The van der Waals surface area contributed by atoms with Crippen LogP contribution in [0, 0.1) is 0 Å². The van der Waals surface area contributed by atoms with Gasteiger partial charge in [-0.15, -0.1) is 0 Å². The Morgan fingerprint density at radius 3 is 1.32 bits per heavy atom. The fourth-order valence-electron chi connectivity index (χ4n) is 11.7. The fraction of sp³-hybridized carbons (Fsp3) is 0.278. The summed E-state index contributed by atoms with van der Waals surface area (Å²) in [4.78, 5) is 14.7. The van der Waals surface area contributed by atoms with Crippen LogP contribution in [0.3, 0.4) is 0 Å². The van der Waals surface area contributed by atoms with Gasteiger partial charge in [-0.2, -0.15) is 0 Å². The largest absolute Gasteiger partial charge is 0.493 e. The Morgan fingerprint density at radius 1 is 0.482 bits per heavy atom. The second kappa shape index (κ2) is 13.3. The third kappa shape index (κ3) is 4.71. The molecule has 6 aromatic carbocycles. The average Bonchev–Trinajstić information content (AvgIpc) is 3.52. The van der Waals surface area contributed by atoms with Gasteiger partial charge < -0.3 is 4.74 Å². The van der Waals surface area contributed by atoms with Gasteiger partial charge in [0.05, 0.1) is 6.61 Å². The van der Waals surface area contributed by atoms with E-state index in [1.807, 2.05) is 12.1 Å². The lowest BCUT2D eigenvalue weighted by Gasteiger charge is -2.49. The highest BCUT2D eigenvalue weighted by Crippen LogP contribution is 2.66. The summed E-state index contributed by atoms with van der Waals surface area (Å²) in [7, 11) is 0. The van der Waals surface area contributed by atoms with E-state index in [1.54, 1.807) is 0 Å². The van der Waals surface area contributed by atoms with Gasteiger partial charge in [0.1, 0.15) is 5.75 Å². The van der Waals surface area contributed by atoms with Crippen LogP contribution in [0.15, 0.2) is 127 Å². The van der Waals surface area contributed by atoms with Crippen molar-refractivity contribution in [3.8, 4) is 5.75 Å². The van der Waals surface area contributed by atoms with Crippen molar-refractivity contribution >= 4 is 11.9 Å². The Balaban J connectivity index is 1.23. The molecule has 1 atom stereocenters. The van der Waals surface area contributed by atoms with Crippen molar-refractivity contribution < 1.29 is 9.53 Å². The quantitative estimate of drug-likeness (QED) is 0.104. The van der Waals surface area contributed by atoms with E-state index in [0.717, 1.165) is 29.7 Å². The zero-order valence-corrected chi connectivity index (χ0v) is 32.5. The zero-order valence-electron chi connectivity index (χ0n) is 32.5. The van der Waals surface area contributed by atoms with Gasteiger partial charge in [0.15, 0.2) is 5.78 Å². The van der Waals surface area contributed by atoms with E-state index in [2.05, 4.69) is 129 Å². The Bertz CT molecular complexity index is 2380. The van der Waals surface area contributed by atoms with Gasteiger partial charge in [0.2, 0.25) is 0 Å². The van der Waals surface area contributed by atoms with Gasteiger partial charge in [-0.25, -0.2) is 0 Å². The first-order valence-corrected chi connectivity index (χ1v) is 21.3.